The van der Waals surface area contributed by atoms with Crippen molar-refractivity contribution in [2.45, 2.75) is 19.9 Å². The molecule has 3 rings (SSSR count). The van der Waals surface area contributed by atoms with Crippen LogP contribution in [-0.4, -0.2) is 64.9 Å². The number of amides is 1. The fourth-order valence-electron chi connectivity index (χ4n) is 3.70. The first-order valence-corrected chi connectivity index (χ1v) is 10.1. The molecule has 1 saturated heterocycles. The van der Waals surface area contributed by atoms with Gasteiger partial charge in [-0.3, -0.25) is 14.6 Å². The van der Waals surface area contributed by atoms with Gasteiger partial charge in [0.25, 0.3) is 11.7 Å². The lowest BCUT2D eigenvalue weighted by Crippen LogP contribution is -2.38. The van der Waals surface area contributed by atoms with Gasteiger partial charge in [-0.2, -0.15) is 0 Å². The van der Waals surface area contributed by atoms with Crippen LogP contribution in [0.3, 0.4) is 0 Å². The van der Waals surface area contributed by atoms with Gasteiger partial charge in [-0.25, -0.2) is 0 Å². The fourth-order valence-corrected chi connectivity index (χ4v) is 3.70. The lowest BCUT2D eigenvalue weighted by Gasteiger charge is -2.28. The van der Waals surface area contributed by atoms with E-state index in [0.717, 1.165) is 18.7 Å². The molecule has 1 aromatic heterocycles. The second-order valence-corrected chi connectivity index (χ2v) is 7.03. The molecule has 2 heterocycles. The average Bonchev–Trinajstić information content (AvgIpc) is 3.04. The number of benzene rings is 1. The number of nitrogens with zero attached hydrogens (tertiary/aromatic N) is 3. The number of methoxy groups -OCH3 is 1. The predicted molar refractivity (Wildman–Crippen MR) is 114 cm³/mol. The Bertz CT molecular complexity index is 921. The SMILES string of the molecule is CCN(CC)CCN1C(=O)C(=O)/C(=C(/O)c2ccncc2)[C@@H]1c1ccc(OC)cc1. The molecule has 1 amide bonds. The first kappa shape index (κ1) is 21.5. The molecule has 0 spiro atoms. The Morgan fingerprint density at radius 3 is 2.30 bits per heavy atom. The summed E-state index contributed by atoms with van der Waals surface area (Å²) in [7, 11) is 1.58. The van der Waals surface area contributed by atoms with Crippen LogP contribution in [0.4, 0.5) is 0 Å². The number of aliphatic hydroxyl groups is 1. The normalized spacial score (nSPS) is 18.3. The zero-order valence-corrected chi connectivity index (χ0v) is 17.5. The van der Waals surface area contributed by atoms with Gasteiger partial charge in [0.15, 0.2) is 0 Å². The van der Waals surface area contributed by atoms with Crippen LogP contribution < -0.4 is 4.74 Å². The summed E-state index contributed by atoms with van der Waals surface area (Å²) in [5, 5.41) is 10.9. The standard InChI is InChI=1S/C23H27N3O4/c1-4-25(5-2)14-15-26-20(16-6-8-18(30-3)9-7-16)19(22(28)23(26)29)21(27)17-10-12-24-13-11-17/h6-13,20,27H,4-5,14-15H2,1-3H3/b21-19+/t20-/m0/s1. The summed E-state index contributed by atoms with van der Waals surface area (Å²) in [5.74, 6) is -0.793. The molecule has 1 atom stereocenters. The number of hydrogen-bond acceptors (Lipinski definition) is 6. The molecule has 2 aromatic rings. The van der Waals surface area contributed by atoms with Crippen LogP contribution in [0, 0.1) is 0 Å². The fraction of sp³-hybridized carbons (Fsp3) is 0.348. The molecule has 0 radical (unpaired) electrons. The van der Waals surface area contributed by atoms with Gasteiger partial charge in [-0.1, -0.05) is 26.0 Å². The minimum Gasteiger partial charge on any atom is -0.507 e. The maximum Gasteiger partial charge on any atom is 0.295 e. The summed E-state index contributed by atoms with van der Waals surface area (Å²) >= 11 is 0. The lowest BCUT2D eigenvalue weighted by molar-refractivity contribution is -0.140. The minimum atomic E-state index is -0.676. The van der Waals surface area contributed by atoms with Gasteiger partial charge in [-0.05, 0) is 42.9 Å². The first-order valence-electron chi connectivity index (χ1n) is 10.1. The summed E-state index contributed by atoms with van der Waals surface area (Å²) in [6.07, 6.45) is 3.07. The van der Waals surface area contributed by atoms with Gasteiger partial charge in [0, 0.05) is 31.0 Å². The molecule has 30 heavy (non-hydrogen) atoms. The molecule has 1 N–H and O–H groups in total. The zero-order valence-electron chi connectivity index (χ0n) is 17.5. The van der Waals surface area contributed by atoms with Crippen molar-refractivity contribution in [1.82, 2.24) is 14.8 Å². The lowest BCUT2D eigenvalue weighted by atomic mass is 9.95. The highest BCUT2D eigenvalue weighted by Gasteiger charge is 2.45. The van der Waals surface area contributed by atoms with Gasteiger partial charge in [-0.15, -0.1) is 0 Å². The Morgan fingerprint density at radius 2 is 1.73 bits per heavy atom. The Balaban J connectivity index is 2.07. The summed E-state index contributed by atoms with van der Waals surface area (Å²) < 4.78 is 5.23. The maximum atomic E-state index is 13.0. The van der Waals surface area contributed by atoms with Gasteiger partial charge in [0.05, 0.1) is 18.7 Å². The van der Waals surface area contributed by atoms with Crippen LogP contribution in [0.5, 0.6) is 5.75 Å². The Kier molecular flexibility index (Phi) is 6.84. The zero-order chi connectivity index (χ0) is 21.7. The van der Waals surface area contributed by atoms with Crippen molar-refractivity contribution in [3.63, 3.8) is 0 Å². The molecular weight excluding hydrogens is 382 g/mol. The largest absolute Gasteiger partial charge is 0.507 e. The maximum absolute atomic E-state index is 13.0. The summed E-state index contributed by atoms with van der Waals surface area (Å²) in [6.45, 7) is 6.84. The van der Waals surface area contributed by atoms with Crippen LogP contribution in [0.1, 0.15) is 31.0 Å². The molecule has 1 fully saturated rings. The molecule has 158 valence electrons. The highest BCUT2D eigenvalue weighted by molar-refractivity contribution is 6.46. The summed E-state index contributed by atoms with van der Waals surface area (Å²) in [5.41, 5.74) is 1.28. The quantitative estimate of drug-likeness (QED) is 0.410. The highest BCUT2D eigenvalue weighted by Crippen LogP contribution is 2.39. The van der Waals surface area contributed by atoms with Crippen molar-refractivity contribution in [2.24, 2.45) is 0 Å². The van der Waals surface area contributed by atoms with Crippen LogP contribution in [-0.2, 0) is 9.59 Å². The second-order valence-electron chi connectivity index (χ2n) is 7.03. The number of ether oxygens (including phenoxy) is 1. The van der Waals surface area contributed by atoms with Crippen LogP contribution in [0.15, 0.2) is 54.4 Å². The number of likely N-dealkylation sites (tertiary alicyclic amines) is 1. The third-order valence-corrected chi connectivity index (χ3v) is 5.48. The molecular formula is C23H27N3O4. The van der Waals surface area contributed by atoms with E-state index in [9.17, 15) is 14.7 Å². The topological polar surface area (TPSA) is 83.0 Å². The molecule has 7 heteroatoms. The van der Waals surface area contributed by atoms with E-state index in [2.05, 4.69) is 23.7 Å². The number of Topliss-reactive ketones (excluding diaryl/α,β-unsaturated/α-hetero) is 1. The summed E-state index contributed by atoms with van der Waals surface area (Å²) in [6, 6.07) is 9.77. The molecule has 0 saturated carbocycles. The van der Waals surface area contributed by atoms with Crippen molar-refractivity contribution in [2.75, 3.05) is 33.3 Å². The number of rotatable bonds is 8. The van der Waals surface area contributed by atoms with Gasteiger partial charge >= 0.3 is 0 Å². The molecule has 7 nitrogen and oxygen atoms in total. The molecule has 0 unspecified atom stereocenters. The third kappa shape index (κ3) is 4.21. The van der Waals surface area contributed by atoms with E-state index in [-0.39, 0.29) is 11.3 Å². The Hall–Kier alpha value is -3.19. The molecule has 1 aromatic carbocycles. The Labute approximate surface area is 176 Å². The number of hydrogen-bond donors (Lipinski definition) is 1. The number of pyridine rings is 1. The Morgan fingerprint density at radius 1 is 1.10 bits per heavy atom. The van der Waals surface area contributed by atoms with Gasteiger partial charge < -0.3 is 19.6 Å². The van der Waals surface area contributed by atoms with E-state index in [0.29, 0.717) is 24.4 Å². The molecule has 1 aliphatic rings. The van der Waals surface area contributed by atoms with Crippen LogP contribution >= 0.6 is 0 Å². The number of aromatic nitrogens is 1. The van der Waals surface area contributed by atoms with E-state index in [1.807, 2.05) is 12.1 Å². The van der Waals surface area contributed by atoms with E-state index in [1.54, 1.807) is 36.3 Å². The highest BCUT2D eigenvalue weighted by atomic mass is 16.5. The number of ketones is 1. The predicted octanol–water partition coefficient (Wildman–Crippen LogP) is 2.85. The van der Waals surface area contributed by atoms with Crippen molar-refractivity contribution < 1.29 is 19.4 Å². The first-order chi connectivity index (χ1) is 14.5. The monoisotopic (exact) mass is 409 g/mol. The molecule has 0 bridgehead atoms. The number of likely N-dealkylation sites (N-methyl/N-ethyl adjacent to an activating group) is 1. The smallest absolute Gasteiger partial charge is 0.295 e. The number of aliphatic hydroxyl groups excluding tert-OH is 1. The van der Waals surface area contributed by atoms with Gasteiger partial charge in [0.2, 0.25) is 0 Å². The van der Waals surface area contributed by atoms with E-state index in [4.69, 9.17) is 4.74 Å². The third-order valence-electron chi connectivity index (χ3n) is 5.48. The number of carbonyl (C=O) groups is 2. The van der Waals surface area contributed by atoms with Crippen LogP contribution in [0.2, 0.25) is 0 Å². The average molecular weight is 409 g/mol. The second kappa shape index (κ2) is 9.54. The summed E-state index contributed by atoms with van der Waals surface area (Å²) in [4.78, 5) is 33.6. The van der Waals surface area contributed by atoms with Gasteiger partial charge in [0.1, 0.15) is 11.5 Å². The van der Waals surface area contributed by atoms with Crippen molar-refractivity contribution in [3.05, 3.63) is 65.5 Å². The molecule has 0 aliphatic carbocycles. The van der Waals surface area contributed by atoms with E-state index < -0.39 is 17.7 Å². The molecule has 1 aliphatic heterocycles. The van der Waals surface area contributed by atoms with Crippen molar-refractivity contribution >= 4 is 17.4 Å². The van der Waals surface area contributed by atoms with Crippen molar-refractivity contribution in [1.29, 1.82) is 0 Å². The number of carbonyl (C=O) groups excluding carboxylic acids is 2. The van der Waals surface area contributed by atoms with Crippen LogP contribution in [0.25, 0.3) is 5.76 Å². The van der Waals surface area contributed by atoms with Crippen molar-refractivity contribution in [3.8, 4) is 5.75 Å². The van der Waals surface area contributed by atoms with E-state index >= 15 is 0 Å². The van der Waals surface area contributed by atoms with E-state index in [1.165, 1.54) is 12.4 Å². The minimum absolute atomic E-state index is 0.0934.